The minimum absolute atomic E-state index is 0. The zero-order chi connectivity index (χ0) is 17.5. The van der Waals surface area contributed by atoms with E-state index in [9.17, 15) is 14.4 Å². The van der Waals surface area contributed by atoms with Crippen molar-refractivity contribution in [3.8, 4) is 11.5 Å². The topological polar surface area (TPSA) is 117 Å². The number of carboxylic acids is 1. The SMILES string of the molecule is CCCN(CC(=O)O)CC(=O)NC(=O)Nc1ccc2c(c1)OCO2.Cl. The van der Waals surface area contributed by atoms with Crippen LogP contribution in [0.5, 0.6) is 11.5 Å². The van der Waals surface area contributed by atoms with Gasteiger partial charge in [-0.15, -0.1) is 12.4 Å². The molecule has 3 amide bonds. The lowest BCUT2D eigenvalue weighted by Gasteiger charge is -2.18. The maximum Gasteiger partial charge on any atom is 0.325 e. The molecule has 0 aliphatic carbocycles. The van der Waals surface area contributed by atoms with Crippen molar-refractivity contribution >= 4 is 36.0 Å². The number of amides is 3. The number of carbonyl (C=O) groups excluding carboxylic acids is 2. The molecule has 2 rings (SSSR count). The summed E-state index contributed by atoms with van der Waals surface area (Å²) in [6.07, 6.45) is 0.698. The molecule has 1 aliphatic rings. The Labute approximate surface area is 150 Å². The fraction of sp³-hybridized carbons (Fsp3) is 0.400. The molecule has 3 N–H and O–H groups in total. The Balaban J connectivity index is 0.00000312. The number of hydrogen-bond acceptors (Lipinski definition) is 6. The molecule has 0 saturated heterocycles. The summed E-state index contributed by atoms with van der Waals surface area (Å²) in [6.45, 7) is 2.02. The zero-order valence-electron chi connectivity index (χ0n) is 13.6. The van der Waals surface area contributed by atoms with Gasteiger partial charge in [0.25, 0.3) is 0 Å². The number of ether oxygens (including phenoxy) is 2. The number of carbonyl (C=O) groups is 3. The third-order valence-corrected chi connectivity index (χ3v) is 3.15. The van der Waals surface area contributed by atoms with E-state index in [4.69, 9.17) is 14.6 Å². The van der Waals surface area contributed by atoms with E-state index >= 15 is 0 Å². The highest BCUT2D eigenvalue weighted by Gasteiger charge is 2.17. The molecule has 1 heterocycles. The number of nitrogens with zero attached hydrogens (tertiary/aromatic N) is 1. The molecular weight excluding hydrogens is 354 g/mol. The molecule has 9 nitrogen and oxygen atoms in total. The minimum atomic E-state index is -1.03. The first-order chi connectivity index (χ1) is 11.5. The van der Waals surface area contributed by atoms with Gasteiger partial charge in [-0.3, -0.25) is 19.8 Å². The Hall–Kier alpha value is -2.52. The quantitative estimate of drug-likeness (QED) is 0.659. The van der Waals surface area contributed by atoms with Crippen LogP contribution in [0.25, 0.3) is 0 Å². The molecule has 0 bridgehead atoms. The summed E-state index contributed by atoms with van der Waals surface area (Å²) in [6, 6.07) is 4.15. The third kappa shape index (κ3) is 6.48. The highest BCUT2D eigenvalue weighted by Crippen LogP contribution is 2.34. The Morgan fingerprint density at radius 1 is 1.20 bits per heavy atom. The molecule has 1 aromatic rings. The molecule has 10 heteroatoms. The van der Waals surface area contributed by atoms with Crippen LogP contribution in [-0.2, 0) is 9.59 Å². The van der Waals surface area contributed by atoms with Gasteiger partial charge in [0.1, 0.15) is 0 Å². The molecule has 1 aromatic carbocycles. The number of aliphatic carboxylic acids is 1. The van der Waals surface area contributed by atoms with Gasteiger partial charge in [-0.25, -0.2) is 4.79 Å². The number of carboxylic acid groups (broad SMARTS) is 1. The lowest BCUT2D eigenvalue weighted by Crippen LogP contribution is -2.43. The zero-order valence-corrected chi connectivity index (χ0v) is 14.4. The average Bonchev–Trinajstić information content (AvgIpc) is 2.93. The number of anilines is 1. The smallest absolute Gasteiger partial charge is 0.325 e. The van der Waals surface area contributed by atoms with Gasteiger partial charge in [-0.05, 0) is 25.1 Å². The van der Waals surface area contributed by atoms with Crippen molar-refractivity contribution in [3.63, 3.8) is 0 Å². The second-order valence-corrected chi connectivity index (χ2v) is 5.17. The van der Waals surface area contributed by atoms with Crippen LogP contribution in [0.4, 0.5) is 10.5 Å². The van der Waals surface area contributed by atoms with Crippen molar-refractivity contribution in [1.82, 2.24) is 10.2 Å². The largest absolute Gasteiger partial charge is 0.480 e. The average molecular weight is 374 g/mol. The Bertz CT molecular complexity index is 640. The first kappa shape index (κ1) is 20.5. The summed E-state index contributed by atoms with van der Waals surface area (Å²) in [5.74, 6) is -0.514. The number of urea groups is 1. The summed E-state index contributed by atoms with van der Waals surface area (Å²) in [5.41, 5.74) is 0.445. The minimum Gasteiger partial charge on any atom is -0.480 e. The van der Waals surface area contributed by atoms with Gasteiger partial charge in [0.15, 0.2) is 11.5 Å². The van der Waals surface area contributed by atoms with Crippen molar-refractivity contribution in [2.45, 2.75) is 13.3 Å². The molecule has 138 valence electrons. The second-order valence-electron chi connectivity index (χ2n) is 5.17. The van der Waals surface area contributed by atoms with Crippen molar-refractivity contribution < 1.29 is 29.0 Å². The first-order valence-corrected chi connectivity index (χ1v) is 7.42. The van der Waals surface area contributed by atoms with E-state index < -0.39 is 17.9 Å². The van der Waals surface area contributed by atoms with Crippen LogP contribution in [0.2, 0.25) is 0 Å². The van der Waals surface area contributed by atoms with Gasteiger partial charge in [0.2, 0.25) is 12.7 Å². The molecule has 25 heavy (non-hydrogen) atoms. The lowest BCUT2D eigenvalue weighted by atomic mass is 10.3. The monoisotopic (exact) mass is 373 g/mol. The molecule has 0 radical (unpaired) electrons. The molecule has 0 atom stereocenters. The van der Waals surface area contributed by atoms with Crippen LogP contribution in [-0.4, -0.2) is 54.3 Å². The summed E-state index contributed by atoms with van der Waals surface area (Å²) in [5, 5.41) is 13.5. The van der Waals surface area contributed by atoms with E-state index in [0.717, 1.165) is 0 Å². The van der Waals surface area contributed by atoms with E-state index in [1.54, 1.807) is 18.2 Å². The number of imide groups is 1. The molecule has 0 aromatic heterocycles. The van der Waals surface area contributed by atoms with Crippen molar-refractivity contribution in [1.29, 1.82) is 0 Å². The van der Waals surface area contributed by atoms with E-state index in [-0.39, 0.29) is 32.3 Å². The standard InChI is InChI=1S/C15H19N3O6.ClH/c1-2-5-18(8-14(20)21)7-13(19)17-15(22)16-10-3-4-11-12(6-10)24-9-23-11;/h3-4,6H,2,5,7-9H2,1H3,(H,20,21)(H2,16,17,19,22);1H. The van der Waals surface area contributed by atoms with Gasteiger partial charge < -0.3 is 19.9 Å². The van der Waals surface area contributed by atoms with Crippen molar-refractivity contribution in [2.24, 2.45) is 0 Å². The predicted molar refractivity (Wildman–Crippen MR) is 91.3 cm³/mol. The number of nitrogens with one attached hydrogen (secondary N) is 2. The molecule has 1 aliphatic heterocycles. The van der Waals surface area contributed by atoms with Gasteiger partial charge in [-0.2, -0.15) is 0 Å². The maximum atomic E-state index is 11.8. The number of fused-ring (bicyclic) bond motifs is 1. The van der Waals surface area contributed by atoms with Crippen LogP contribution in [0.3, 0.4) is 0 Å². The van der Waals surface area contributed by atoms with Crippen LogP contribution in [0, 0.1) is 0 Å². The Morgan fingerprint density at radius 3 is 2.60 bits per heavy atom. The van der Waals surface area contributed by atoms with Crippen LogP contribution in [0.15, 0.2) is 18.2 Å². The number of halogens is 1. The number of rotatable bonds is 7. The summed E-state index contributed by atoms with van der Waals surface area (Å²) in [4.78, 5) is 35.9. The Kier molecular flexibility index (Phi) is 7.96. The summed E-state index contributed by atoms with van der Waals surface area (Å²) >= 11 is 0. The normalized spacial score (nSPS) is 11.6. The van der Waals surface area contributed by atoms with E-state index in [1.165, 1.54) is 4.90 Å². The van der Waals surface area contributed by atoms with E-state index in [1.807, 2.05) is 6.92 Å². The van der Waals surface area contributed by atoms with Gasteiger partial charge in [0, 0.05) is 11.8 Å². The second kappa shape index (κ2) is 9.70. The lowest BCUT2D eigenvalue weighted by molar-refractivity contribution is -0.138. The highest BCUT2D eigenvalue weighted by atomic mass is 35.5. The highest BCUT2D eigenvalue weighted by molar-refractivity contribution is 6.02. The van der Waals surface area contributed by atoms with Crippen LogP contribution < -0.4 is 20.1 Å². The van der Waals surface area contributed by atoms with Crippen molar-refractivity contribution in [3.05, 3.63) is 18.2 Å². The van der Waals surface area contributed by atoms with Crippen LogP contribution >= 0.6 is 12.4 Å². The fourth-order valence-corrected chi connectivity index (χ4v) is 2.23. The van der Waals surface area contributed by atoms with Gasteiger partial charge in [-0.1, -0.05) is 6.92 Å². The summed E-state index contributed by atoms with van der Waals surface area (Å²) < 4.78 is 10.4. The van der Waals surface area contributed by atoms with E-state index in [0.29, 0.717) is 30.2 Å². The maximum absolute atomic E-state index is 11.8. The van der Waals surface area contributed by atoms with E-state index in [2.05, 4.69) is 10.6 Å². The third-order valence-electron chi connectivity index (χ3n) is 3.15. The molecule has 0 saturated carbocycles. The number of hydrogen-bond donors (Lipinski definition) is 3. The predicted octanol–water partition coefficient (Wildman–Crippen LogP) is 1.28. The fourth-order valence-electron chi connectivity index (χ4n) is 2.23. The first-order valence-electron chi connectivity index (χ1n) is 7.42. The van der Waals surface area contributed by atoms with Crippen LogP contribution in [0.1, 0.15) is 13.3 Å². The van der Waals surface area contributed by atoms with Gasteiger partial charge >= 0.3 is 12.0 Å². The van der Waals surface area contributed by atoms with Gasteiger partial charge in [0.05, 0.1) is 13.1 Å². The molecule has 0 fully saturated rings. The summed E-state index contributed by atoms with van der Waals surface area (Å²) in [7, 11) is 0. The molecule has 0 unspecified atom stereocenters. The molecule has 0 spiro atoms. The Morgan fingerprint density at radius 2 is 1.92 bits per heavy atom. The number of benzene rings is 1. The van der Waals surface area contributed by atoms with Crippen molar-refractivity contribution in [2.75, 3.05) is 31.7 Å². The molecular formula is C15H20ClN3O6.